The normalized spacial score (nSPS) is 10.3. The maximum absolute atomic E-state index is 10.5. The van der Waals surface area contributed by atoms with Crippen molar-refractivity contribution >= 4 is 12.2 Å². The van der Waals surface area contributed by atoms with Gasteiger partial charge < -0.3 is 4.74 Å². The van der Waals surface area contributed by atoms with Crippen LogP contribution >= 0.6 is 0 Å². The molecule has 0 rings (SSSR count). The molecule has 0 atom stereocenters. The smallest absolute Gasteiger partial charge is 0.302 e. The number of rotatable bonds is 10. The van der Waals surface area contributed by atoms with Gasteiger partial charge in [0.25, 0.3) is 0 Å². The molecule has 0 radical (unpaired) electrons. The monoisotopic (exact) mass is 253 g/mol. The lowest BCUT2D eigenvalue weighted by Crippen LogP contribution is -2.12. The van der Waals surface area contributed by atoms with Crippen LogP contribution in [0.1, 0.15) is 52.4 Å². The van der Waals surface area contributed by atoms with E-state index in [1.165, 1.54) is 24.8 Å². The van der Waals surface area contributed by atoms with Crippen molar-refractivity contribution < 1.29 is 9.53 Å². The first-order chi connectivity index (χ1) is 8.70. The van der Waals surface area contributed by atoms with Crippen molar-refractivity contribution in [2.24, 2.45) is 5.10 Å². The van der Waals surface area contributed by atoms with Gasteiger partial charge in [0, 0.05) is 13.1 Å². The minimum absolute atomic E-state index is 0.262. The number of esters is 1. The van der Waals surface area contributed by atoms with Crippen LogP contribution in [0, 0.1) is 11.5 Å². The Morgan fingerprint density at radius 2 is 2.17 bits per heavy atom. The van der Waals surface area contributed by atoms with Gasteiger partial charge in [-0.05, 0) is 19.3 Å². The highest BCUT2D eigenvalue weighted by Gasteiger charge is 1.97. The molecule has 0 aliphatic carbocycles. The molecule has 0 bridgehead atoms. The Labute approximate surface area is 109 Å². The molecule has 0 spiro atoms. The highest BCUT2D eigenvalue weighted by molar-refractivity contribution is 5.65. The molecule has 0 unspecified atom stereocenters. The fourth-order valence-electron chi connectivity index (χ4n) is 1.37. The van der Waals surface area contributed by atoms with Crippen molar-refractivity contribution in [1.82, 2.24) is 5.01 Å². The highest BCUT2D eigenvalue weighted by atomic mass is 16.5. The lowest BCUT2D eigenvalue weighted by Gasteiger charge is -2.08. The lowest BCUT2D eigenvalue weighted by atomic mass is 10.2. The molecule has 0 heterocycles. The Morgan fingerprint density at radius 1 is 1.39 bits per heavy atom. The Kier molecular flexibility index (Phi) is 10.9. The highest BCUT2D eigenvalue weighted by Crippen LogP contribution is 2.01. The van der Waals surface area contributed by atoms with Crippen LogP contribution in [0.2, 0.25) is 0 Å². The van der Waals surface area contributed by atoms with E-state index in [2.05, 4.69) is 12.0 Å². The number of carbonyl (C=O) groups is 1. The predicted molar refractivity (Wildman–Crippen MR) is 70.8 cm³/mol. The zero-order valence-corrected chi connectivity index (χ0v) is 11.4. The van der Waals surface area contributed by atoms with Crippen LogP contribution in [-0.2, 0) is 9.53 Å². The van der Waals surface area contributed by atoms with Gasteiger partial charge in [0.15, 0.2) is 0 Å². The third-order valence-corrected chi connectivity index (χ3v) is 2.34. The molecule has 0 aromatic carbocycles. The standard InChI is InChI=1S/C13H23N3O2/c1-3-4-5-7-10-16(12-14)15-9-6-8-11-18-13(2)17/h9H,3-8,10-11H2,1-2H3/b15-9+. The Morgan fingerprint density at radius 3 is 2.78 bits per heavy atom. The molecule has 0 fully saturated rings. The minimum atomic E-state index is -0.262. The predicted octanol–water partition coefficient (Wildman–Crippen LogP) is 2.68. The summed E-state index contributed by atoms with van der Waals surface area (Å²) < 4.78 is 4.79. The number of carbonyl (C=O) groups excluding carboxylic acids is 1. The van der Waals surface area contributed by atoms with E-state index in [1.807, 2.05) is 6.19 Å². The van der Waals surface area contributed by atoms with Crippen LogP contribution < -0.4 is 0 Å². The molecule has 5 nitrogen and oxygen atoms in total. The maximum atomic E-state index is 10.5. The van der Waals surface area contributed by atoms with Gasteiger partial charge in [-0.25, -0.2) is 5.01 Å². The van der Waals surface area contributed by atoms with Crippen LogP contribution in [-0.4, -0.2) is 30.3 Å². The molecule has 0 aromatic heterocycles. The van der Waals surface area contributed by atoms with E-state index >= 15 is 0 Å². The van der Waals surface area contributed by atoms with Gasteiger partial charge in [0.1, 0.15) is 0 Å². The van der Waals surface area contributed by atoms with Gasteiger partial charge in [0.2, 0.25) is 6.19 Å². The van der Waals surface area contributed by atoms with Crippen LogP contribution in [0.15, 0.2) is 5.10 Å². The van der Waals surface area contributed by atoms with E-state index in [0.717, 1.165) is 19.3 Å². The van der Waals surface area contributed by atoms with Gasteiger partial charge in [0.05, 0.1) is 13.2 Å². The number of ether oxygens (including phenoxy) is 1. The van der Waals surface area contributed by atoms with Crippen LogP contribution in [0.3, 0.4) is 0 Å². The van der Waals surface area contributed by atoms with Crippen molar-refractivity contribution in [2.75, 3.05) is 13.2 Å². The molecule has 0 aliphatic heterocycles. The second-order valence-corrected chi connectivity index (χ2v) is 4.06. The number of hydrogen-bond acceptors (Lipinski definition) is 5. The largest absolute Gasteiger partial charge is 0.466 e. The summed E-state index contributed by atoms with van der Waals surface area (Å²) in [5.74, 6) is -0.262. The van der Waals surface area contributed by atoms with Crippen LogP contribution in [0.4, 0.5) is 0 Å². The summed E-state index contributed by atoms with van der Waals surface area (Å²) in [6, 6.07) is 0. The SMILES string of the molecule is CCCCCCN(C#N)/N=C/CCCOC(C)=O. The molecule has 18 heavy (non-hydrogen) atoms. The molecule has 0 saturated heterocycles. The van der Waals surface area contributed by atoms with Gasteiger partial charge in [-0.3, -0.25) is 4.79 Å². The third kappa shape index (κ3) is 10.9. The fourth-order valence-corrected chi connectivity index (χ4v) is 1.37. The van der Waals surface area contributed by atoms with Crippen molar-refractivity contribution in [1.29, 1.82) is 5.26 Å². The summed E-state index contributed by atoms with van der Waals surface area (Å²) in [5.41, 5.74) is 0. The molecule has 0 aliphatic rings. The molecule has 0 aromatic rings. The fraction of sp³-hybridized carbons (Fsp3) is 0.769. The minimum Gasteiger partial charge on any atom is -0.466 e. The Hall–Kier alpha value is -1.57. The Bertz CT molecular complexity index is 284. The van der Waals surface area contributed by atoms with Crippen molar-refractivity contribution in [3.8, 4) is 6.19 Å². The van der Waals surface area contributed by atoms with Crippen molar-refractivity contribution in [2.45, 2.75) is 52.4 Å². The van der Waals surface area contributed by atoms with E-state index in [-0.39, 0.29) is 5.97 Å². The quantitative estimate of drug-likeness (QED) is 0.150. The average Bonchev–Trinajstić information content (AvgIpc) is 2.35. The first-order valence-electron chi connectivity index (χ1n) is 6.53. The first kappa shape index (κ1) is 16.4. The molecule has 102 valence electrons. The Balaban J connectivity index is 3.58. The van der Waals surface area contributed by atoms with Gasteiger partial charge in [-0.1, -0.05) is 26.2 Å². The summed E-state index contributed by atoms with van der Waals surface area (Å²) >= 11 is 0. The summed E-state index contributed by atoms with van der Waals surface area (Å²) in [6.45, 7) is 4.63. The summed E-state index contributed by atoms with van der Waals surface area (Å²) in [7, 11) is 0. The number of unbranched alkanes of at least 4 members (excludes halogenated alkanes) is 4. The molecular weight excluding hydrogens is 230 g/mol. The molecular formula is C13H23N3O2. The van der Waals surface area contributed by atoms with Gasteiger partial charge >= 0.3 is 5.97 Å². The van der Waals surface area contributed by atoms with E-state index in [1.54, 1.807) is 6.21 Å². The molecule has 0 saturated carbocycles. The number of hydrogen-bond donors (Lipinski definition) is 0. The van der Waals surface area contributed by atoms with E-state index in [4.69, 9.17) is 10.00 Å². The number of nitriles is 1. The van der Waals surface area contributed by atoms with Gasteiger partial charge in [-0.2, -0.15) is 10.4 Å². The zero-order valence-electron chi connectivity index (χ0n) is 11.4. The van der Waals surface area contributed by atoms with Crippen LogP contribution in [0.5, 0.6) is 0 Å². The molecule has 5 heteroatoms. The van der Waals surface area contributed by atoms with Crippen molar-refractivity contribution in [3.05, 3.63) is 0 Å². The maximum Gasteiger partial charge on any atom is 0.302 e. The third-order valence-electron chi connectivity index (χ3n) is 2.34. The van der Waals surface area contributed by atoms with Crippen molar-refractivity contribution in [3.63, 3.8) is 0 Å². The van der Waals surface area contributed by atoms with Gasteiger partial charge in [-0.15, -0.1) is 0 Å². The van der Waals surface area contributed by atoms with Crippen LogP contribution in [0.25, 0.3) is 0 Å². The van der Waals surface area contributed by atoms with E-state index in [0.29, 0.717) is 19.6 Å². The summed E-state index contributed by atoms with van der Waals surface area (Å²) in [5, 5.41) is 14.3. The first-order valence-corrected chi connectivity index (χ1v) is 6.53. The summed E-state index contributed by atoms with van der Waals surface area (Å²) in [6.07, 6.45) is 9.70. The zero-order chi connectivity index (χ0) is 13.6. The number of hydrazone groups is 1. The molecule has 0 amide bonds. The number of nitrogens with zero attached hydrogens (tertiary/aromatic N) is 3. The second-order valence-electron chi connectivity index (χ2n) is 4.06. The average molecular weight is 253 g/mol. The second kappa shape index (κ2) is 11.9. The van der Waals surface area contributed by atoms with E-state index in [9.17, 15) is 4.79 Å². The summed E-state index contributed by atoms with van der Waals surface area (Å²) in [4.78, 5) is 10.5. The molecule has 0 N–H and O–H groups in total. The lowest BCUT2D eigenvalue weighted by molar-refractivity contribution is -0.140. The topological polar surface area (TPSA) is 65.7 Å². The van der Waals surface area contributed by atoms with E-state index < -0.39 is 0 Å².